The molecule has 0 aliphatic heterocycles. The van der Waals surface area contributed by atoms with Crippen molar-refractivity contribution in [3.8, 4) is 0 Å². The molecule has 0 bridgehead atoms. The Morgan fingerprint density at radius 3 is 2.46 bits per heavy atom. The Morgan fingerprint density at radius 2 is 1.88 bits per heavy atom. The summed E-state index contributed by atoms with van der Waals surface area (Å²) in [6.45, 7) is 9.03. The number of unbranched alkanes of at least 4 members (excludes halogenated alkanes) is 1. The highest BCUT2D eigenvalue weighted by molar-refractivity contribution is 5.94. The molecule has 0 saturated carbocycles. The molecule has 0 saturated heterocycles. The minimum absolute atomic E-state index is 0.0954. The first-order valence-electron chi connectivity index (χ1n) is 9.69. The molecule has 0 spiro atoms. The zero-order valence-electron chi connectivity index (χ0n) is 16.5. The first-order chi connectivity index (χ1) is 12.5. The number of nitrogens with zero attached hydrogens (tertiary/aromatic N) is 1. The van der Waals surface area contributed by atoms with Gasteiger partial charge in [-0.1, -0.05) is 33.6 Å². The molecule has 0 aromatic carbocycles. The van der Waals surface area contributed by atoms with Gasteiger partial charge >= 0.3 is 5.97 Å². The Morgan fingerprint density at radius 1 is 1.15 bits per heavy atom. The number of aromatic nitrogens is 1. The summed E-state index contributed by atoms with van der Waals surface area (Å²) in [7, 11) is 0. The average Bonchev–Trinajstić information content (AvgIpc) is 2.62. The highest BCUT2D eigenvalue weighted by Gasteiger charge is 2.18. The predicted molar refractivity (Wildman–Crippen MR) is 103 cm³/mol. The van der Waals surface area contributed by atoms with E-state index in [1.165, 1.54) is 0 Å². The predicted octanol–water partition coefficient (Wildman–Crippen LogP) is 2.85. The van der Waals surface area contributed by atoms with E-state index in [4.69, 9.17) is 4.74 Å². The molecule has 0 radical (unpaired) electrons. The maximum Gasteiger partial charge on any atom is 0.307 e. The topological polar surface area (TPSA) is 77.4 Å². The number of carbonyl (C=O) groups excluding carboxylic acids is 2. The van der Waals surface area contributed by atoms with Crippen molar-refractivity contribution in [3.63, 3.8) is 0 Å². The lowest BCUT2D eigenvalue weighted by Gasteiger charge is -2.18. The summed E-state index contributed by atoms with van der Waals surface area (Å²) < 4.78 is 6.61. The van der Waals surface area contributed by atoms with Crippen molar-refractivity contribution in [3.05, 3.63) is 33.2 Å². The van der Waals surface area contributed by atoms with Crippen LogP contribution >= 0.6 is 0 Å². The second-order valence-corrected chi connectivity index (χ2v) is 6.25. The monoisotopic (exact) mass is 364 g/mol. The smallest absolute Gasteiger partial charge is 0.307 e. The molecule has 1 aromatic heterocycles. The summed E-state index contributed by atoms with van der Waals surface area (Å²) in [6.07, 6.45) is 4.52. The second kappa shape index (κ2) is 11.5. The molecule has 6 nitrogen and oxygen atoms in total. The van der Waals surface area contributed by atoms with Crippen LogP contribution < -0.4 is 10.9 Å². The van der Waals surface area contributed by atoms with Gasteiger partial charge in [0.15, 0.2) is 0 Å². The minimum atomic E-state index is -0.428. The van der Waals surface area contributed by atoms with E-state index in [-0.39, 0.29) is 30.1 Å². The van der Waals surface area contributed by atoms with Crippen LogP contribution in [-0.2, 0) is 28.9 Å². The number of rotatable bonds is 11. The number of nitrogens with one attached hydrogen (secondary N) is 1. The molecule has 1 amide bonds. The van der Waals surface area contributed by atoms with Crippen LogP contribution in [0.2, 0.25) is 0 Å². The SMILES string of the molecule is CCCCn1c(CCC)c(CC)cc(C(=O)NCCC(=O)OCC)c1=O. The molecule has 0 aliphatic carbocycles. The fourth-order valence-electron chi connectivity index (χ4n) is 2.92. The molecule has 6 heteroatoms. The molecule has 0 aliphatic rings. The maximum absolute atomic E-state index is 12.9. The number of hydrogen-bond acceptors (Lipinski definition) is 4. The number of ether oxygens (including phenoxy) is 1. The van der Waals surface area contributed by atoms with Crippen molar-refractivity contribution in [2.45, 2.75) is 72.8 Å². The van der Waals surface area contributed by atoms with Gasteiger partial charge in [-0.25, -0.2) is 0 Å². The first kappa shape index (κ1) is 21.9. The Hall–Kier alpha value is -2.11. The Balaban J connectivity index is 3.08. The third-order valence-electron chi connectivity index (χ3n) is 4.26. The number of esters is 1. The molecule has 1 rings (SSSR count). The molecule has 1 N–H and O–H groups in total. The molecule has 0 fully saturated rings. The van der Waals surface area contributed by atoms with Crippen molar-refractivity contribution in [2.24, 2.45) is 0 Å². The van der Waals surface area contributed by atoms with E-state index in [2.05, 4.69) is 19.2 Å². The number of amides is 1. The van der Waals surface area contributed by atoms with Gasteiger partial charge in [0.25, 0.3) is 11.5 Å². The Kier molecular flexibility index (Phi) is 9.70. The molecule has 26 heavy (non-hydrogen) atoms. The van der Waals surface area contributed by atoms with E-state index in [9.17, 15) is 14.4 Å². The van der Waals surface area contributed by atoms with E-state index < -0.39 is 5.91 Å². The number of aryl methyl sites for hydroxylation is 1. The summed E-state index contributed by atoms with van der Waals surface area (Å²) in [5.41, 5.74) is 1.99. The molecule has 0 unspecified atom stereocenters. The molecule has 0 atom stereocenters. The molecule has 1 aromatic rings. The van der Waals surface area contributed by atoms with Crippen LogP contribution in [0.3, 0.4) is 0 Å². The van der Waals surface area contributed by atoms with E-state index in [0.29, 0.717) is 13.2 Å². The lowest BCUT2D eigenvalue weighted by Crippen LogP contribution is -2.36. The van der Waals surface area contributed by atoms with Gasteiger partial charge in [-0.3, -0.25) is 14.4 Å². The zero-order valence-corrected chi connectivity index (χ0v) is 16.5. The molecule has 146 valence electrons. The lowest BCUT2D eigenvalue weighted by molar-refractivity contribution is -0.142. The van der Waals surface area contributed by atoms with Crippen LogP contribution in [0, 0.1) is 0 Å². The summed E-state index contributed by atoms with van der Waals surface area (Å²) in [4.78, 5) is 36.8. The molecular formula is C20H32N2O4. The quantitative estimate of drug-likeness (QED) is 0.613. The van der Waals surface area contributed by atoms with Crippen LogP contribution in [0.1, 0.15) is 75.0 Å². The summed E-state index contributed by atoms with van der Waals surface area (Å²) in [6, 6.07) is 1.72. The van der Waals surface area contributed by atoms with Crippen LogP contribution in [0.25, 0.3) is 0 Å². The van der Waals surface area contributed by atoms with Crippen molar-refractivity contribution in [1.29, 1.82) is 0 Å². The van der Waals surface area contributed by atoms with E-state index >= 15 is 0 Å². The number of carbonyl (C=O) groups is 2. The van der Waals surface area contributed by atoms with Gasteiger partial charge < -0.3 is 14.6 Å². The second-order valence-electron chi connectivity index (χ2n) is 6.25. The summed E-state index contributed by atoms with van der Waals surface area (Å²) in [5, 5.41) is 2.66. The van der Waals surface area contributed by atoms with E-state index in [0.717, 1.165) is 43.4 Å². The number of hydrogen-bond donors (Lipinski definition) is 1. The number of pyridine rings is 1. The van der Waals surface area contributed by atoms with Crippen molar-refractivity contribution in [2.75, 3.05) is 13.2 Å². The van der Waals surface area contributed by atoms with Gasteiger partial charge in [0.05, 0.1) is 13.0 Å². The Labute approximate surface area is 155 Å². The van der Waals surface area contributed by atoms with Gasteiger partial charge in [-0.05, 0) is 37.8 Å². The average molecular weight is 364 g/mol. The van der Waals surface area contributed by atoms with Crippen LogP contribution in [-0.4, -0.2) is 29.6 Å². The van der Waals surface area contributed by atoms with Gasteiger partial charge in [-0.15, -0.1) is 0 Å². The van der Waals surface area contributed by atoms with Crippen molar-refractivity contribution >= 4 is 11.9 Å². The maximum atomic E-state index is 12.9. The standard InChI is InChI=1S/C20H32N2O4/c1-5-9-13-22-17(10-6-2)15(7-3)14-16(20(22)25)19(24)21-12-11-18(23)26-8-4/h14H,5-13H2,1-4H3,(H,21,24). The fourth-order valence-corrected chi connectivity index (χ4v) is 2.92. The molecule has 1 heterocycles. The fraction of sp³-hybridized carbons (Fsp3) is 0.650. The van der Waals surface area contributed by atoms with Crippen molar-refractivity contribution in [1.82, 2.24) is 9.88 Å². The van der Waals surface area contributed by atoms with Crippen molar-refractivity contribution < 1.29 is 14.3 Å². The van der Waals surface area contributed by atoms with E-state index in [1.807, 2.05) is 6.92 Å². The van der Waals surface area contributed by atoms with Crippen LogP contribution in [0.15, 0.2) is 10.9 Å². The molecular weight excluding hydrogens is 332 g/mol. The third-order valence-corrected chi connectivity index (χ3v) is 4.26. The van der Waals surface area contributed by atoms with Gasteiger partial charge in [-0.2, -0.15) is 0 Å². The normalized spacial score (nSPS) is 10.6. The van der Waals surface area contributed by atoms with Gasteiger partial charge in [0.2, 0.25) is 0 Å². The third kappa shape index (κ3) is 6.00. The highest BCUT2D eigenvalue weighted by atomic mass is 16.5. The lowest BCUT2D eigenvalue weighted by atomic mass is 10.0. The zero-order chi connectivity index (χ0) is 19.5. The van der Waals surface area contributed by atoms with E-state index in [1.54, 1.807) is 17.6 Å². The largest absolute Gasteiger partial charge is 0.466 e. The highest BCUT2D eigenvalue weighted by Crippen LogP contribution is 2.14. The Bertz CT molecular complexity index is 665. The van der Waals surface area contributed by atoms with Gasteiger partial charge in [0, 0.05) is 18.8 Å². The first-order valence-corrected chi connectivity index (χ1v) is 9.69. The summed E-state index contributed by atoms with van der Waals surface area (Å²) >= 11 is 0. The minimum Gasteiger partial charge on any atom is -0.466 e. The van der Waals surface area contributed by atoms with Crippen LogP contribution in [0.4, 0.5) is 0 Å². The van der Waals surface area contributed by atoms with Crippen LogP contribution in [0.5, 0.6) is 0 Å². The van der Waals surface area contributed by atoms with Gasteiger partial charge in [0.1, 0.15) is 5.56 Å². The summed E-state index contributed by atoms with van der Waals surface area (Å²) in [5.74, 6) is -0.789.